The molecular formula is C15H11N3O3S. The topological polar surface area (TPSA) is 80.0 Å². The fourth-order valence-corrected chi connectivity index (χ4v) is 3.21. The van der Waals surface area contributed by atoms with Crippen LogP contribution in [0.1, 0.15) is 0 Å². The SMILES string of the molecule is COC(=O)Oc1ccc2cc(-c3n[nH]c4ccsc34)[nH]c2c1. The van der Waals surface area contributed by atoms with Gasteiger partial charge in [-0.05, 0) is 29.6 Å². The van der Waals surface area contributed by atoms with Crippen LogP contribution in [0.5, 0.6) is 5.75 Å². The molecule has 0 aliphatic rings. The van der Waals surface area contributed by atoms with Gasteiger partial charge in [-0.25, -0.2) is 4.79 Å². The van der Waals surface area contributed by atoms with Crippen molar-refractivity contribution < 1.29 is 14.3 Å². The number of nitrogens with one attached hydrogen (secondary N) is 2. The van der Waals surface area contributed by atoms with Crippen molar-refractivity contribution in [2.45, 2.75) is 0 Å². The van der Waals surface area contributed by atoms with Crippen LogP contribution in [0.3, 0.4) is 0 Å². The van der Waals surface area contributed by atoms with Crippen LogP contribution in [0.2, 0.25) is 0 Å². The van der Waals surface area contributed by atoms with E-state index in [-0.39, 0.29) is 0 Å². The minimum absolute atomic E-state index is 0.427. The highest BCUT2D eigenvalue weighted by atomic mass is 32.1. The molecule has 4 rings (SSSR count). The predicted molar refractivity (Wildman–Crippen MR) is 84.3 cm³/mol. The molecule has 22 heavy (non-hydrogen) atoms. The molecule has 3 aromatic heterocycles. The second-order valence-electron chi connectivity index (χ2n) is 4.72. The van der Waals surface area contributed by atoms with Gasteiger partial charge in [-0.2, -0.15) is 5.10 Å². The molecule has 0 aliphatic carbocycles. The van der Waals surface area contributed by atoms with Gasteiger partial charge in [0.25, 0.3) is 0 Å². The number of aromatic amines is 2. The minimum Gasteiger partial charge on any atom is -0.437 e. The van der Waals surface area contributed by atoms with E-state index in [1.807, 2.05) is 23.6 Å². The summed E-state index contributed by atoms with van der Waals surface area (Å²) in [5.74, 6) is 0.427. The number of H-pyrrole nitrogens is 2. The summed E-state index contributed by atoms with van der Waals surface area (Å²) in [7, 11) is 1.28. The van der Waals surface area contributed by atoms with Crippen molar-refractivity contribution in [2.75, 3.05) is 7.11 Å². The number of benzene rings is 1. The van der Waals surface area contributed by atoms with E-state index in [2.05, 4.69) is 19.9 Å². The molecule has 0 saturated carbocycles. The molecule has 6 nitrogen and oxygen atoms in total. The van der Waals surface area contributed by atoms with Gasteiger partial charge in [0.1, 0.15) is 11.4 Å². The lowest BCUT2D eigenvalue weighted by atomic mass is 10.2. The van der Waals surface area contributed by atoms with Crippen molar-refractivity contribution in [3.63, 3.8) is 0 Å². The van der Waals surface area contributed by atoms with Gasteiger partial charge in [0.05, 0.1) is 23.0 Å². The van der Waals surface area contributed by atoms with E-state index in [9.17, 15) is 4.79 Å². The molecule has 0 aliphatic heterocycles. The van der Waals surface area contributed by atoms with Crippen LogP contribution in [0.25, 0.3) is 32.5 Å². The smallest absolute Gasteiger partial charge is 0.437 e. The molecule has 0 fully saturated rings. The van der Waals surface area contributed by atoms with Crippen molar-refractivity contribution in [3.8, 4) is 17.1 Å². The second-order valence-corrected chi connectivity index (χ2v) is 5.64. The summed E-state index contributed by atoms with van der Waals surface area (Å²) in [6.07, 6.45) is -0.737. The largest absolute Gasteiger partial charge is 0.513 e. The molecule has 2 N–H and O–H groups in total. The highest BCUT2D eigenvalue weighted by Gasteiger charge is 2.12. The number of thiophene rings is 1. The third kappa shape index (κ3) is 2.03. The first kappa shape index (κ1) is 12.9. The average molecular weight is 313 g/mol. The number of rotatable bonds is 2. The van der Waals surface area contributed by atoms with Gasteiger partial charge in [0, 0.05) is 17.0 Å². The zero-order chi connectivity index (χ0) is 15.1. The Morgan fingerprint density at radius 3 is 3.00 bits per heavy atom. The van der Waals surface area contributed by atoms with Crippen molar-refractivity contribution in [1.82, 2.24) is 15.2 Å². The molecule has 0 unspecified atom stereocenters. The summed E-state index contributed by atoms with van der Waals surface area (Å²) in [6, 6.07) is 9.39. The maximum absolute atomic E-state index is 11.2. The standard InChI is InChI=1S/C15H11N3O3S/c1-20-15(19)21-9-3-2-8-6-12(16-11(8)7-9)13-14-10(17-18-13)4-5-22-14/h2-7,16H,1H3,(H,17,18). The zero-order valence-corrected chi connectivity index (χ0v) is 12.4. The number of carbonyl (C=O) groups excluding carboxylic acids is 1. The predicted octanol–water partition coefficient (Wildman–Crippen LogP) is 3.92. The Morgan fingerprint density at radius 2 is 2.14 bits per heavy atom. The summed E-state index contributed by atoms with van der Waals surface area (Å²) >= 11 is 1.64. The van der Waals surface area contributed by atoms with Gasteiger partial charge >= 0.3 is 6.16 Å². The highest BCUT2D eigenvalue weighted by Crippen LogP contribution is 2.32. The number of carbonyl (C=O) groups is 1. The van der Waals surface area contributed by atoms with E-state index in [4.69, 9.17) is 4.74 Å². The van der Waals surface area contributed by atoms with E-state index in [0.717, 1.165) is 32.5 Å². The highest BCUT2D eigenvalue weighted by molar-refractivity contribution is 7.17. The Bertz CT molecular complexity index is 982. The number of fused-ring (bicyclic) bond motifs is 2. The van der Waals surface area contributed by atoms with E-state index < -0.39 is 6.16 Å². The molecular weight excluding hydrogens is 302 g/mol. The third-order valence-corrected chi connectivity index (χ3v) is 4.31. The lowest BCUT2D eigenvalue weighted by Gasteiger charge is -2.01. The first-order valence-electron chi connectivity index (χ1n) is 6.55. The van der Waals surface area contributed by atoms with Crippen LogP contribution in [-0.4, -0.2) is 28.4 Å². The normalized spacial score (nSPS) is 11.1. The van der Waals surface area contributed by atoms with Crippen molar-refractivity contribution in [3.05, 3.63) is 35.7 Å². The van der Waals surface area contributed by atoms with Crippen molar-refractivity contribution >= 4 is 38.6 Å². The molecule has 4 aromatic rings. The Morgan fingerprint density at radius 1 is 1.23 bits per heavy atom. The Kier molecular flexibility index (Phi) is 2.87. The number of methoxy groups -OCH3 is 1. The summed E-state index contributed by atoms with van der Waals surface area (Å²) in [5.41, 5.74) is 3.69. The quantitative estimate of drug-likeness (QED) is 0.434. The van der Waals surface area contributed by atoms with E-state index in [0.29, 0.717) is 5.75 Å². The van der Waals surface area contributed by atoms with Crippen molar-refractivity contribution in [1.29, 1.82) is 0 Å². The molecule has 3 heterocycles. The molecule has 0 saturated heterocycles. The second kappa shape index (κ2) is 4.88. The molecule has 0 bridgehead atoms. The number of aromatic nitrogens is 3. The fraction of sp³-hybridized carbons (Fsp3) is 0.0667. The first-order chi connectivity index (χ1) is 10.7. The van der Waals surface area contributed by atoms with Gasteiger partial charge in [0.15, 0.2) is 0 Å². The molecule has 0 spiro atoms. The average Bonchev–Trinajstić information content (AvgIpc) is 3.20. The minimum atomic E-state index is -0.737. The fourth-order valence-electron chi connectivity index (χ4n) is 2.37. The Hall–Kier alpha value is -2.80. The van der Waals surface area contributed by atoms with Crippen LogP contribution < -0.4 is 4.74 Å². The number of hydrogen-bond acceptors (Lipinski definition) is 5. The summed E-state index contributed by atoms with van der Waals surface area (Å²) < 4.78 is 10.6. The maximum atomic E-state index is 11.2. The van der Waals surface area contributed by atoms with E-state index in [1.54, 1.807) is 23.5 Å². The van der Waals surface area contributed by atoms with Crippen LogP contribution in [-0.2, 0) is 4.74 Å². The molecule has 110 valence electrons. The van der Waals surface area contributed by atoms with Gasteiger partial charge < -0.3 is 14.5 Å². The van der Waals surface area contributed by atoms with Crippen LogP contribution in [0.15, 0.2) is 35.7 Å². The maximum Gasteiger partial charge on any atom is 0.513 e. The number of nitrogens with zero attached hydrogens (tertiary/aromatic N) is 1. The first-order valence-corrected chi connectivity index (χ1v) is 7.43. The van der Waals surface area contributed by atoms with Gasteiger partial charge in [-0.1, -0.05) is 0 Å². The van der Waals surface area contributed by atoms with Crippen LogP contribution in [0, 0.1) is 0 Å². The Labute approximate surface area is 128 Å². The third-order valence-electron chi connectivity index (χ3n) is 3.39. The summed E-state index contributed by atoms with van der Waals surface area (Å²) in [5, 5.41) is 10.4. The van der Waals surface area contributed by atoms with Crippen molar-refractivity contribution in [2.24, 2.45) is 0 Å². The van der Waals surface area contributed by atoms with Gasteiger partial charge in [-0.3, -0.25) is 5.10 Å². The van der Waals surface area contributed by atoms with E-state index in [1.165, 1.54) is 7.11 Å². The Balaban J connectivity index is 1.77. The lowest BCUT2D eigenvalue weighted by molar-refractivity contribution is 0.121. The van der Waals surface area contributed by atoms with Crippen LogP contribution in [0.4, 0.5) is 4.79 Å². The summed E-state index contributed by atoms with van der Waals surface area (Å²) in [6.45, 7) is 0. The number of ether oxygens (including phenoxy) is 2. The monoisotopic (exact) mass is 313 g/mol. The molecule has 7 heteroatoms. The van der Waals surface area contributed by atoms with E-state index >= 15 is 0 Å². The number of hydrogen-bond donors (Lipinski definition) is 2. The molecule has 0 atom stereocenters. The lowest BCUT2D eigenvalue weighted by Crippen LogP contribution is -2.06. The molecule has 0 amide bonds. The van der Waals surface area contributed by atoms with Gasteiger partial charge in [-0.15, -0.1) is 11.3 Å². The summed E-state index contributed by atoms with van der Waals surface area (Å²) in [4.78, 5) is 14.5. The van der Waals surface area contributed by atoms with Crippen LogP contribution >= 0.6 is 11.3 Å². The van der Waals surface area contributed by atoms with Gasteiger partial charge in [0.2, 0.25) is 0 Å². The molecule has 0 radical (unpaired) electrons. The molecule has 1 aromatic carbocycles. The zero-order valence-electron chi connectivity index (χ0n) is 11.5.